The van der Waals surface area contributed by atoms with Gasteiger partial charge in [0.25, 0.3) is 0 Å². The maximum absolute atomic E-state index is 9.15. The van der Waals surface area contributed by atoms with E-state index in [-0.39, 0.29) is 0 Å². The predicted octanol–water partition coefficient (Wildman–Crippen LogP) is 2.39. The number of aromatic nitrogens is 2. The lowest BCUT2D eigenvalue weighted by Gasteiger charge is -2.35. The monoisotopic (exact) mass is 319 g/mol. The Morgan fingerprint density at radius 3 is 2.81 bits per heavy atom. The van der Waals surface area contributed by atoms with E-state index in [4.69, 9.17) is 16.9 Å². The second kappa shape index (κ2) is 6.39. The van der Waals surface area contributed by atoms with E-state index < -0.39 is 0 Å². The lowest BCUT2D eigenvalue weighted by molar-refractivity contribution is 0.250. The SMILES string of the molecule is N#Cc1c(Cl)nsc1N1CCN(Cc2cccnc2)CC1. The molecule has 1 fully saturated rings. The van der Waals surface area contributed by atoms with Crippen LogP contribution in [0.5, 0.6) is 0 Å². The van der Waals surface area contributed by atoms with Crippen LogP contribution in [0.3, 0.4) is 0 Å². The minimum absolute atomic E-state index is 0.315. The molecule has 0 unspecified atom stereocenters. The van der Waals surface area contributed by atoms with Crippen LogP contribution in [0, 0.1) is 11.3 Å². The summed E-state index contributed by atoms with van der Waals surface area (Å²) in [6.07, 6.45) is 3.70. The molecule has 5 nitrogen and oxygen atoms in total. The molecule has 1 aliphatic rings. The van der Waals surface area contributed by atoms with Crippen molar-refractivity contribution in [1.82, 2.24) is 14.3 Å². The molecule has 1 saturated heterocycles. The van der Waals surface area contributed by atoms with Crippen molar-refractivity contribution in [2.45, 2.75) is 6.54 Å². The largest absolute Gasteiger partial charge is 0.358 e. The molecule has 2 aromatic heterocycles. The van der Waals surface area contributed by atoms with Gasteiger partial charge in [0.15, 0.2) is 5.15 Å². The van der Waals surface area contributed by atoms with Crippen molar-refractivity contribution in [3.63, 3.8) is 0 Å². The van der Waals surface area contributed by atoms with Gasteiger partial charge in [0, 0.05) is 45.1 Å². The molecule has 0 saturated carbocycles. The molecular formula is C14H14ClN5S. The average molecular weight is 320 g/mol. The number of anilines is 1. The van der Waals surface area contributed by atoms with Gasteiger partial charge in [0.1, 0.15) is 16.6 Å². The summed E-state index contributed by atoms with van der Waals surface area (Å²) in [7, 11) is 0. The summed E-state index contributed by atoms with van der Waals surface area (Å²) >= 11 is 7.24. The fourth-order valence-corrected chi connectivity index (χ4v) is 3.51. The number of nitriles is 1. The maximum atomic E-state index is 9.15. The Morgan fingerprint density at radius 1 is 1.33 bits per heavy atom. The number of halogens is 1. The topological polar surface area (TPSA) is 56.1 Å². The maximum Gasteiger partial charge on any atom is 0.162 e. The first-order valence-electron chi connectivity index (χ1n) is 6.69. The van der Waals surface area contributed by atoms with Crippen LogP contribution in [0.2, 0.25) is 5.15 Å². The third-order valence-corrected chi connectivity index (χ3v) is 4.82. The highest BCUT2D eigenvalue weighted by Gasteiger charge is 2.22. The standard InChI is InChI=1S/C14H14ClN5S/c15-13-12(8-16)14(21-18-13)20-6-4-19(5-7-20)10-11-2-1-3-17-9-11/h1-3,9H,4-7,10H2. The van der Waals surface area contributed by atoms with Crippen molar-refractivity contribution in [3.05, 3.63) is 40.8 Å². The number of rotatable bonds is 3. The van der Waals surface area contributed by atoms with Crippen molar-refractivity contribution >= 4 is 28.1 Å². The summed E-state index contributed by atoms with van der Waals surface area (Å²) in [6, 6.07) is 6.20. The molecule has 0 spiro atoms. The highest BCUT2D eigenvalue weighted by molar-refractivity contribution is 7.10. The molecule has 21 heavy (non-hydrogen) atoms. The lowest BCUT2D eigenvalue weighted by Crippen LogP contribution is -2.45. The predicted molar refractivity (Wildman–Crippen MR) is 83.6 cm³/mol. The Bertz CT molecular complexity index is 643. The van der Waals surface area contributed by atoms with E-state index in [1.807, 2.05) is 12.3 Å². The molecule has 0 radical (unpaired) electrons. The van der Waals surface area contributed by atoms with Gasteiger partial charge >= 0.3 is 0 Å². The van der Waals surface area contributed by atoms with Crippen LogP contribution in [-0.4, -0.2) is 40.4 Å². The van der Waals surface area contributed by atoms with Gasteiger partial charge in [-0.3, -0.25) is 9.88 Å². The molecule has 0 atom stereocenters. The molecule has 0 aliphatic carbocycles. The molecule has 0 amide bonds. The minimum atomic E-state index is 0.315. The molecule has 3 rings (SSSR count). The fraction of sp³-hybridized carbons (Fsp3) is 0.357. The first-order valence-corrected chi connectivity index (χ1v) is 7.84. The normalized spacial score (nSPS) is 15.9. The zero-order chi connectivity index (χ0) is 14.7. The third-order valence-electron chi connectivity index (χ3n) is 3.53. The Hall–Kier alpha value is -1.68. The molecule has 0 aromatic carbocycles. The van der Waals surface area contributed by atoms with E-state index in [0.717, 1.165) is 37.7 Å². The number of hydrogen-bond donors (Lipinski definition) is 0. The fourth-order valence-electron chi connectivity index (χ4n) is 2.43. The number of hydrogen-bond acceptors (Lipinski definition) is 6. The summed E-state index contributed by atoms with van der Waals surface area (Å²) in [4.78, 5) is 8.73. The van der Waals surface area contributed by atoms with E-state index >= 15 is 0 Å². The number of nitrogens with zero attached hydrogens (tertiary/aromatic N) is 5. The highest BCUT2D eigenvalue weighted by atomic mass is 35.5. The van der Waals surface area contributed by atoms with Gasteiger partial charge in [-0.1, -0.05) is 17.7 Å². The van der Waals surface area contributed by atoms with Gasteiger partial charge in [-0.15, -0.1) is 0 Å². The van der Waals surface area contributed by atoms with Crippen LogP contribution in [0.15, 0.2) is 24.5 Å². The molecule has 3 heterocycles. The smallest absolute Gasteiger partial charge is 0.162 e. The van der Waals surface area contributed by atoms with E-state index in [2.05, 4.69) is 31.3 Å². The van der Waals surface area contributed by atoms with Crippen LogP contribution < -0.4 is 4.90 Å². The molecule has 108 valence electrons. The Morgan fingerprint density at radius 2 is 2.14 bits per heavy atom. The number of piperazine rings is 1. The van der Waals surface area contributed by atoms with Gasteiger partial charge in [-0.05, 0) is 23.2 Å². The van der Waals surface area contributed by atoms with Crippen LogP contribution in [-0.2, 0) is 6.54 Å². The Balaban J connectivity index is 1.62. The molecule has 1 aliphatic heterocycles. The van der Waals surface area contributed by atoms with Crippen molar-refractivity contribution in [1.29, 1.82) is 5.26 Å². The summed E-state index contributed by atoms with van der Waals surface area (Å²) in [5.41, 5.74) is 1.73. The van der Waals surface area contributed by atoms with Gasteiger partial charge < -0.3 is 4.90 Å². The van der Waals surface area contributed by atoms with Crippen LogP contribution >= 0.6 is 23.1 Å². The number of pyridine rings is 1. The van der Waals surface area contributed by atoms with Gasteiger partial charge in [0.05, 0.1) is 0 Å². The second-order valence-corrected chi connectivity index (χ2v) is 6.00. The summed E-state index contributed by atoms with van der Waals surface area (Å²) in [5, 5.41) is 10.4. The third kappa shape index (κ3) is 3.16. The van der Waals surface area contributed by atoms with Gasteiger partial charge in [-0.2, -0.15) is 9.64 Å². The van der Waals surface area contributed by atoms with Gasteiger partial charge in [0.2, 0.25) is 0 Å². The molecule has 7 heteroatoms. The quantitative estimate of drug-likeness (QED) is 0.869. The van der Waals surface area contributed by atoms with E-state index in [9.17, 15) is 0 Å². The van der Waals surface area contributed by atoms with Crippen molar-refractivity contribution in [2.24, 2.45) is 0 Å². The summed E-state index contributed by atoms with van der Waals surface area (Å²) in [5.74, 6) is 0. The lowest BCUT2D eigenvalue weighted by atomic mass is 10.2. The van der Waals surface area contributed by atoms with Crippen LogP contribution in [0.25, 0.3) is 0 Å². The van der Waals surface area contributed by atoms with Crippen molar-refractivity contribution in [2.75, 3.05) is 31.1 Å². The Labute approximate surface area is 132 Å². The zero-order valence-electron chi connectivity index (χ0n) is 11.4. The second-order valence-electron chi connectivity index (χ2n) is 4.89. The van der Waals surface area contributed by atoms with Crippen LogP contribution in [0.4, 0.5) is 5.00 Å². The molecule has 0 N–H and O–H groups in total. The average Bonchev–Trinajstić information content (AvgIpc) is 2.90. The van der Waals surface area contributed by atoms with E-state index in [0.29, 0.717) is 10.7 Å². The van der Waals surface area contributed by atoms with Crippen molar-refractivity contribution < 1.29 is 0 Å². The molecule has 2 aromatic rings. The minimum Gasteiger partial charge on any atom is -0.358 e. The molecule has 0 bridgehead atoms. The summed E-state index contributed by atoms with van der Waals surface area (Å²) in [6.45, 7) is 4.59. The van der Waals surface area contributed by atoms with E-state index in [1.54, 1.807) is 6.20 Å². The highest BCUT2D eigenvalue weighted by Crippen LogP contribution is 2.31. The Kier molecular flexibility index (Phi) is 4.34. The molecular weight excluding hydrogens is 306 g/mol. The van der Waals surface area contributed by atoms with E-state index in [1.165, 1.54) is 17.1 Å². The van der Waals surface area contributed by atoms with Crippen molar-refractivity contribution in [3.8, 4) is 6.07 Å². The zero-order valence-corrected chi connectivity index (χ0v) is 12.9. The van der Waals surface area contributed by atoms with Crippen LogP contribution in [0.1, 0.15) is 11.1 Å². The summed E-state index contributed by atoms with van der Waals surface area (Å²) < 4.78 is 4.07. The first kappa shape index (κ1) is 14.3. The first-order chi connectivity index (χ1) is 10.3. The van der Waals surface area contributed by atoms with Gasteiger partial charge in [-0.25, -0.2) is 0 Å².